The van der Waals surface area contributed by atoms with Gasteiger partial charge >= 0.3 is 4.87 Å². The molecule has 2 aromatic rings. The molecule has 1 fully saturated rings. The van der Waals surface area contributed by atoms with E-state index in [9.17, 15) is 18.0 Å². The maximum absolute atomic E-state index is 12.6. The molecule has 0 bridgehead atoms. The molecule has 0 radical (unpaired) electrons. The first kappa shape index (κ1) is 16.0. The third-order valence-electron chi connectivity index (χ3n) is 3.65. The monoisotopic (exact) mass is 357 g/mol. The highest BCUT2D eigenvalue weighted by atomic mass is 32.2. The van der Waals surface area contributed by atoms with Crippen molar-refractivity contribution >= 4 is 27.3 Å². The lowest BCUT2D eigenvalue weighted by Gasteiger charge is -2.33. The van der Waals surface area contributed by atoms with Gasteiger partial charge in [-0.25, -0.2) is 8.42 Å². The molecule has 0 unspecified atom stereocenters. The first-order chi connectivity index (χ1) is 10.9. The fourth-order valence-corrected chi connectivity index (χ4v) is 5.31. The Hall–Kier alpha value is -1.91. The van der Waals surface area contributed by atoms with Crippen molar-refractivity contribution in [1.29, 1.82) is 0 Å². The second-order valence-corrected chi connectivity index (χ2v) is 8.25. The third-order valence-corrected chi connectivity index (χ3v) is 7.13. The number of carbonyl (C=O) groups excluding carboxylic acids is 1. The lowest BCUT2D eigenvalue weighted by molar-refractivity contribution is 0.0697. The maximum Gasteiger partial charge on any atom is 0.305 e. The number of piperazine rings is 1. The van der Waals surface area contributed by atoms with Gasteiger partial charge in [-0.1, -0.05) is 11.3 Å². The molecular formula is C13H15N3O5S2. The zero-order valence-corrected chi connectivity index (χ0v) is 13.9. The Bertz CT molecular complexity index is 858. The Morgan fingerprint density at radius 2 is 2.00 bits per heavy atom. The largest absolute Gasteiger partial charge is 0.472 e. The van der Waals surface area contributed by atoms with E-state index in [0.717, 1.165) is 0 Å². The smallest absolute Gasteiger partial charge is 0.305 e. The van der Waals surface area contributed by atoms with E-state index < -0.39 is 14.9 Å². The van der Waals surface area contributed by atoms with Crippen LogP contribution in [0.5, 0.6) is 0 Å². The van der Waals surface area contributed by atoms with E-state index >= 15 is 0 Å². The van der Waals surface area contributed by atoms with E-state index in [1.54, 1.807) is 17.9 Å². The highest BCUT2D eigenvalue weighted by Gasteiger charge is 2.33. The van der Waals surface area contributed by atoms with Crippen LogP contribution in [-0.2, 0) is 10.0 Å². The Morgan fingerprint density at radius 3 is 2.52 bits per heavy atom. The van der Waals surface area contributed by atoms with Crippen LogP contribution in [0.1, 0.15) is 16.1 Å². The standard InChI is InChI=1S/C13H15N3O5S2/c1-9-12(22-13(18)14-9)23(19,20)16-5-3-15(4-6-16)11(17)10-2-7-21-8-10/h2,7-8H,3-6H2,1H3,(H,14,18). The molecule has 10 heteroatoms. The van der Waals surface area contributed by atoms with Crippen molar-refractivity contribution in [3.63, 3.8) is 0 Å². The number of hydrogen-bond donors (Lipinski definition) is 1. The molecule has 0 saturated carbocycles. The summed E-state index contributed by atoms with van der Waals surface area (Å²) >= 11 is 0.686. The minimum absolute atomic E-state index is 0.0390. The van der Waals surface area contributed by atoms with Gasteiger partial charge in [0.15, 0.2) is 4.21 Å². The molecule has 1 saturated heterocycles. The summed E-state index contributed by atoms with van der Waals surface area (Å²) < 4.78 is 31.4. The lowest BCUT2D eigenvalue weighted by Crippen LogP contribution is -2.50. The quantitative estimate of drug-likeness (QED) is 0.861. The van der Waals surface area contributed by atoms with Crippen LogP contribution in [-0.4, -0.2) is 54.7 Å². The van der Waals surface area contributed by atoms with Gasteiger partial charge in [0.1, 0.15) is 6.26 Å². The molecular weight excluding hydrogens is 342 g/mol. The lowest BCUT2D eigenvalue weighted by atomic mass is 10.2. The van der Waals surface area contributed by atoms with E-state index in [1.165, 1.54) is 16.8 Å². The van der Waals surface area contributed by atoms with E-state index in [0.29, 0.717) is 35.7 Å². The summed E-state index contributed by atoms with van der Waals surface area (Å²) in [6.45, 7) is 2.53. The summed E-state index contributed by atoms with van der Waals surface area (Å²) in [6, 6.07) is 1.58. The first-order valence-corrected chi connectivity index (χ1v) is 9.16. The Kier molecular flexibility index (Phi) is 4.13. The van der Waals surface area contributed by atoms with Crippen LogP contribution in [0.15, 0.2) is 32.0 Å². The zero-order chi connectivity index (χ0) is 16.6. The van der Waals surface area contributed by atoms with Crippen LogP contribution in [0.25, 0.3) is 0 Å². The van der Waals surface area contributed by atoms with Crippen LogP contribution in [0.4, 0.5) is 0 Å². The number of hydrogen-bond acceptors (Lipinski definition) is 6. The summed E-state index contributed by atoms with van der Waals surface area (Å²) in [7, 11) is -3.71. The second-order valence-electron chi connectivity index (χ2n) is 5.14. The second kappa shape index (κ2) is 5.95. The number of nitrogens with zero attached hydrogens (tertiary/aromatic N) is 2. The molecule has 124 valence electrons. The van der Waals surface area contributed by atoms with Crippen molar-refractivity contribution in [2.75, 3.05) is 26.2 Å². The van der Waals surface area contributed by atoms with Crippen molar-refractivity contribution in [2.45, 2.75) is 11.1 Å². The fraction of sp³-hybridized carbons (Fsp3) is 0.385. The molecule has 23 heavy (non-hydrogen) atoms. The topological polar surface area (TPSA) is 104 Å². The first-order valence-electron chi connectivity index (χ1n) is 6.91. The summed E-state index contributed by atoms with van der Waals surface area (Å²) in [4.78, 5) is 27.2. The minimum Gasteiger partial charge on any atom is -0.472 e. The van der Waals surface area contributed by atoms with Crippen LogP contribution in [0.2, 0.25) is 0 Å². The average molecular weight is 357 g/mol. The predicted molar refractivity (Wildman–Crippen MR) is 83.0 cm³/mol. The number of H-pyrrole nitrogens is 1. The number of nitrogens with one attached hydrogen (secondary N) is 1. The highest BCUT2D eigenvalue weighted by molar-refractivity contribution is 7.91. The number of aryl methyl sites for hydroxylation is 1. The molecule has 3 heterocycles. The Labute approximate surface area is 136 Å². The molecule has 0 aromatic carbocycles. The van der Waals surface area contributed by atoms with E-state index in [1.807, 2.05) is 0 Å². The van der Waals surface area contributed by atoms with Gasteiger partial charge in [-0.3, -0.25) is 9.59 Å². The number of carbonyl (C=O) groups is 1. The molecule has 8 nitrogen and oxygen atoms in total. The molecule has 1 aliphatic heterocycles. The average Bonchev–Trinajstić information content (AvgIpc) is 3.16. The molecule has 3 rings (SSSR count). The normalized spacial score (nSPS) is 16.7. The molecule has 1 N–H and O–H groups in total. The number of furan rings is 1. The van der Waals surface area contributed by atoms with Crippen molar-refractivity contribution in [3.8, 4) is 0 Å². The summed E-state index contributed by atoms with van der Waals surface area (Å²) in [6.07, 6.45) is 2.79. The van der Waals surface area contributed by atoms with E-state index in [-0.39, 0.29) is 23.2 Å². The van der Waals surface area contributed by atoms with Gasteiger partial charge in [0.05, 0.1) is 11.8 Å². The van der Waals surface area contributed by atoms with Crippen molar-refractivity contribution in [2.24, 2.45) is 0 Å². The van der Waals surface area contributed by atoms with Crippen LogP contribution in [0.3, 0.4) is 0 Å². The Morgan fingerprint density at radius 1 is 1.30 bits per heavy atom. The number of sulfonamides is 1. The minimum atomic E-state index is -3.71. The summed E-state index contributed by atoms with van der Waals surface area (Å²) in [5.74, 6) is -0.182. The van der Waals surface area contributed by atoms with Crippen molar-refractivity contribution in [1.82, 2.24) is 14.2 Å². The predicted octanol–water partition coefficient (Wildman–Crippen LogP) is 0.485. The number of amides is 1. The fourth-order valence-electron chi connectivity index (χ4n) is 2.45. The Balaban J connectivity index is 1.72. The van der Waals surface area contributed by atoms with Gasteiger partial charge in [-0.15, -0.1) is 0 Å². The van der Waals surface area contributed by atoms with Gasteiger partial charge in [0.2, 0.25) is 0 Å². The number of aromatic nitrogens is 1. The van der Waals surface area contributed by atoms with Gasteiger partial charge in [0.25, 0.3) is 15.9 Å². The molecule has 1 aliphatic rings. The zero-order valence-electron chi connectivity index (χ0n) is 12.3. The van der Waals surface area contributed by atoms with E-state index in [4.69, 9.17) is 4.42 Å². The maximum atomic E-state index is 12.6. The van der Waals surface area contributed by atoms with Gasteiger partial charge in [0, 0.05) is 31.9 Å². The van der Waals surface area contributed by atoms with Gasteiger partial charge in [-0.05, 0) is 13.0 Å². The molecule has 0 spiro atoms. The number of rotatable bonds is 3. The highest BCUT2D eigenvalue weighted by Crippen LogP contribution is 2.22. The van der Waals surface area contributed by atoms with E-state index in [2.05, 4.69) is 4.98 Å². The van der Waals surface area contributed by atoms with Crippen molar-refractivity contribution in [3.05, 3.63) is 39.5 Å². The van der Waals surface area contributed by atoms with Gasteiger partial charge < -0.3 is 14.3 Å². The van der Waals surface area contributed by atoms with Gasteiger partial charge in [-0.2, -0.15) is 4.31 Å². The van der Waals surface area contributed by atoms with Crippen molar-refractivity contribution < 1.29 is 17.6 Å². The number of aromatic amines is 1. The summed E-state index contributed by atoms with van der Waals surface area (Å²) in [5, 5.41) is 0. The van der Waals surface area contributed by atoms with Crippen LogP contribution >= 0.6 is 11.3 Å². The number of thiazole rings is 1. The van der Waals surface area contributed by atoms with Crippen LogP contribution < -0.4 is 4.87 Å². The molecule has 0 aliphatic carbocycles. The molecule has 2 aromatic heterocycles. The SMILES string of the molecule is Cc1[nH]c(=O)sc1S(=O)(=O)N1CCN(C(=O)c2ccoc2)CC1. The summed E-state index contributed by atoms with van der Waals surface area (Å²) in [5.41, 5.74) is 0.790. The molecule has 1 amide bonds. The third kappa shape index (κ3) is 2.96. The van der Waals surface area contributed by atoms with Crippen LogP contribution in [0, 0.1) is 6.92 Å². The molecule has 0 atom stereocenters.